The average Bonchev–Trinajstić information content (AvgIpc) is 2.47. The highest BCUT2D eigenvalue weighted by Gasteiger charge is 2.10. The fourth-order valence-corrected chi connectivity index (χ4v) is 3.36. The van der Waals surface area contributed by atoms with Gasteiger partial charge < -0.3 is 5.32 Å². The maximum Gasteiger partial charge on any atom is 0.0541 e. The van der Waals surface area contributed by atoms with E-state index in [9.17, 15) is 0 Å². The zero-order valence-electron chi connectivity index (χ0n) is 11.1. The van der Waals surface area contributed by atoms with Crippen LogP contribution in [0.2, 0.25) is 5.02 Å². The first-order valence-corrected chi connectivity index (χ1v) is 8.49. The molecule has 0 aliphatic heterocycles. The van der Waals surface area contributed by atoms with Crippen LogP contribution in [-0.2, 0) is 6.42 Å². The molecule has 0 amide bonds. The Morgan fingerprint density at radius 3 is 2.75 bits per heavy atom. The molecule has 0 radical (unpaired) electrons. The summed E-state index contributed by atoms with van der Waals surface area (Å²) in [7, 11) is 1.98. The summed E-state index contributed by atoms with van der Waals surface area (Å²) in [6.07, 6.45) is 2.74. The minimum Gasteiger partial charge on any atom is -0.316 e. The van der Waals surface area contributed by atoms with Crippen molar-refractivity contribution < 1.29 is 0 Å². The second-order valence-corrected chi connectivity index (χ2v) is 6.78. The number of aromatic nitrogens is 1. The van der Waals surface area contributed by atoms with Crippen molar-refractivity contribution in [1.29, 1.82) is 0 Å². The lowest BCUT2D eigenvalue weighted by atomic mass is 10.2. The molecule has 0 spiro atoms. The Morgan fingerprint density at radius 1 is 1.30 bits per heavy atom. The molecule has 1 aromatic carbocycles. The third kappa shape index (κ3) is 4.77. The number of hydrogen-bond donors (Lipinski definition) is 1. The van der Waals surface area contributed by atoms with Crippen LogP contribution in [0.4, 0.5) is 0 Å². The van der Waals surface area contributed by atoms with Crippen molar-refractivity contribution in [3.05, 3.63) is 57.8 Å². The average molecular weight is 372 g/mol. The van der Waals surface area contributed by atoms with Crippen molar-refractivity contribution in [3.8, 4) is 0 Å². The molecule has 0 aliphatic carbocycles. The molecule has 0 saturated carbocycles. The Balaban J connectivity index is 1.92. The molecule has 1 atom stereocenters. The number of thioether (sulfide) groups is 1. The second kappa shape index (κ2) is 8.03. The molecule has 2 nitrogen and oxygen atoms in total. The van der Waals surface area contributed by atoms with Gasteiger partial charge in [-0.3, -0.25) is 4.98 Å². The number of rotatable bonds is 6. The highest BCUT2D eigenvalue weighted by atomic mass is 79.9. The minimum absolute atomic E-state index is 0.366. The first-order chi connectivity index (χ1) is 9.69. The van der Waals surface area contributed by atoms with Gasteiger partial charge in [0.25, 0.3) is 0 Å². The van der Waals surface area contributed by atoms with Crippen LogP contribution in [0.5, 0.6) is 0 Å². The monoisotopic (exact) mass is 370 g/mol. The van der Waals surface area contributed by atoms with Crippen molar-refractivity contribution in [2.75, 3.05) is 12.8 Å². The quantitative estimate of drug-likeness (QED) is 0.761. The number of nitrogens with zero attached hydrogens (tertiary/aromatic N) is 1. The Bertz CT molecular complexity index is 548. The molecule has 0 bridgehead atoms. The van der Waals surface area contributed by atoms with E-state index >= 15 is 0 Å². The lowest BCUT2D eigenvalue weighted by molar-refractivity contribution is 0.609. The molecule has 1 unspecified atom stereocenters. The van der Waals surface area contributed by atoms with Gasteiger partial charge in [-0.05, 0) is 47.2 Å². The lowest BCUT2D eigenvalue weighted by Gasteiger charge is -2.15. The van der Waals surface area contributed by atoms with Gasteiger partial charge in [0.2, 0.25) is 0 Å². The number of hydrogen-bond acceptors (Lipinski definition) is 3. The molecule has 1 N–H and O–H groups in total. The van der Waals surface area contributed by atoms with Crippen LogP contribution in [0.15, 0.2) is 52.0 Å². The summed E-state index contributed by atoms with van der Waals surface area (Å²) >= 11 is 11.3. The van der Waals surface area contributed by atoms with Gasteiger partial charge >= 0.3 is 0 Å². The van der Waals surface area contributed by atoms with Gasteiger partial charge in [-0.2, -0.15) is 0 Å². The first-order valence-electron chi connectivity index (χ1n) is 6.34. The van der Waals surface area contributed by atoms with Gasteiger partial charge in [0.05, 0.1) is 5.02 Å². The number of pyridine rings is 1. The minimum atomic E-state index is 0.366. The zero-order valence-corrected chi connectivity index (χ0v) is 14.3. The van der Waals surface area contributed by atoms with Crippen LogP contribution >= 0.6 is 39.3 Å². The van der Waals surface area contributed by atoms with Crippen molar-refractivity contribution in [3.63, 3.8) is 0 Å². The summed E-state index contributed by atoms with van der Waals surface area (Å²) in [5.41, 5.74) is 1.09. The summed E-state index contributed by atoms with van der Waals surface area (Å²) in [6, 6.07) is 12.4. The van der Waals surface area contributed by atoms with E-state index in [0.29, 0.717) is 6.04 Å². The van der Waals surface area contributed by atoms with E-state index in [0.717, 1.165) is 32.3 Å². The van der Waals surface area contributed by atoms with E-state index in [4.69, 9.17) is 11.6 Å². The molecule has 0 fully saturated rings. The smallest absolute Gasteiger partial charge is 0.0541 e. The molecule has 1 heterocycles. The molecule has 0 saturated heterocycles. The number of likely N-dealkylation sites (N-methyl/N-ethyl adjacent to an activating group) is 1. The summed E-state index contributed by atoms with van der Waals surface area (Å²) in [4.78, 5) is 5.54. The predicted octanol–water partition coefficient (Wildman–Crippen LogP) is 4.42. The molecule has 20 heavy (non-hydrogen) atoms. The van der Waals surface area contributed by atoms with E-state index in [-0.39, 0.29) is 0 Å². The summed E-state index contributed by atoms with van der Waals surface area (Å²) in [6.45, 7) is 0. The maximum atomic E-state index is 6.17. The van der Waals surface area contributed by atoms with E-state index < -0.39 is 0 Å². The third-order valence-corrected chi connectivity index (χ3v) is 5.08. The Kier molecular flexibility index (Phi) is 6.36. The lowest BCUT2D eigenvalue weighted by Crippen LogP contribution is -2.30. The molecule has 2 rings (SSSR count). The van der Waals surface area contributed by atoms with Gasteiger partial charge in [0, 0.05) is 39.5 Å². The highest BCUT2D eigenvalue weighted by Crippen LogP contribution is 2.27. The molecule has 1 aromatic heterocycles. The third-order valence-electron chi connectivity index (χ3n) is 2.93. The van der Waals surface area contributed by atoms with Gasteiger partial charge in [-0.1, -0.05) is 23.7 Å². The Labute approximate surface area is 137 Å². The molecular weight excluding hydrogens is 356 g/mol. The van der Waals surface area contributed by atoms with E-state index in [2.05, 4.69) is 38.4 Å². The van der Waals surface area contributed by atoms with Crippen molar-refractivity contribution in [2.24, 2.45) is 0 Å². The first kappa shape index (κ1) is 15.8. The summed E-state index contributed by atoms with van der Waals surface area (Å²) in [5.74, 6) is 0.956. The number of halogens is 2. The molecule has 2 aromatic rings. The van der Waals surface area contributed by atoms with Crippen LogP contribution in [0.1, 0.15) is 5.69 Å². The van der Waals surface area contributed by atoms with E-state index in [1.54, 1.807) is 11.8 Å². The Hall–Kier alpha value is -0.550. The number of benzene rings is 1. The normalized spacial score (nSPS) is 12.3. The molecule has 106 valence electrons. The summed E-state index contributed by atoms with van der Waals surface area (Å²) in [5, 5.41) is 4.15. The standard InChI is InChI=1S/C15H16BrClN2S/c1-18-13(8-12-7-6-11(16)9-19-12)10-20-15-5-3-2-4-14(15)17/h2-7,9,13,18H,8,10H2,1H3. The van der Waals surface area contributed by atoms with Crippen LogP contribution in [0.25, 0.3) is 0 Å². The Morgan fingerprint density at radius 2 is 2.10 bits per heavy atom. The SMILES string of the molecule is CNC(CSc1ccccc1Cl)Cc1ccc(Br)cn1. The van der Waals surface area contributed by atoms with Crippen LogP contribution < -0.4 is 5.32 Å². The zero-order chi connectivity index (χ0) is 14.4. The van der Waals surface area contributed by atoms with Crippen LogP contribution in [0, 0.1) is 0 Å². The predicted molar refractivity (Wildman–Crippen MR) is 90.7 cm³/mol. The van der Waals surface area contributed by atoms with Gasteiger partial charge in [-0.25, -0.2) is 0 Å². The maximum absolute atomic E-state index is 6.17. The van der Waals surface area contributed by atoms with Crippen LogP contribution in [-0.4, -0.2) is 23.8 Å². The highest BCUT2D eigenvalue weighted by molar-refractivity contribution is 9.10. The van der Waals surface area contributed by atoms with E-state index in [1.165, 1.54) is 0 Å². The second-order valence-electron chi connectivity index (χ2n) is 4.40. The van der Waals surface area contributed by atoms with Crippen molar-refractivity contribution >= 4 is 39.3 Å². The van der Waals surface area contributed by atoms with Gasteiger partial charge in [0.15, 0.2) is 0 Å². The molecule has 0 aliphatic rings. The van der Waals surface area contributed by atoms with Crippen LogP contribution in [0.3, 0.4) is 0 Å². The molecular formula is C15H16BrClN2S. The van der Waals surface area contributed by atoms with Gasteiger partial charge in [0.1, 0.15) is 0 Å². The fraction of sp³-hybridized carbons (Fsp3) is 0.267. The summed E-state index contributed by atoms with van der Waals surface area (Å²) < 4.78 is 1.01. The topological polar surface area (TPSA) is 24.9 Å². The van der Waals surface area contributed by atoms with E-state index in [1.807, 2.05) is 37.5 Å². The van der Waals surface area contributed by atoms with Gasteiger partial charge in [-0.15, -0.1) is 11.8 Å². The number of nitrogens with one attached hydrogen (secondary N) is 1. The molecule has 5 heteroatoms. The van der Waals surface area contributed by atoms with Crippen molar-refractivity contribution in [1.82, 2.24) is 10.3 Å². The largest absolute Gasteiger partial charge is 0.316 e. The fourth-order valence-electron chi connectivity index (χ4n) is 1.78. The van der Waals surface area contributed by atoms with Crippen molar-refractivity contribution in [2.45, 2.75) is 17.4 Å².